The molecule has 5 fully saturated rings. The molecule has 2 atom stereocenters. The van der Waals surface area contributed by atoms with Gasteiger partial charge in [0.15, 0.2) is 0 Å². The van der Waals surface area contributed by atoms with Crippen LogP contribution in [-0.4, -0.2) is 71.4 Å². The smallest absolute Gasteiger partial charge is 0.321 e. The molecular formula is C27H38FN5O3. The lowest BCUT2D eigenvalue weighted by Crippen LogP contribution is -2.63. The maximum absolute atomic E-state index is 13.4. The van der Waals surface area contributed by atoms with Crippen LogP contribution in [0.2, 0.25) is 0 Å². The number of hydrogen-bond acceptors (Lipinski definition) is 5. The lowest BCUT2D eigenvalue weighted by molar-refractivity contribution is -0.127. The van der Waals surface area contributed by atoms with Crippen LogP contribution in [0, 0.1) is 23.6 Å². The minimum absolute atomic E-state index is 0.129. The van der Waals surface area contributed by atoms with Crippen LogP contribution in [0.4, 0.5) is 14.9 Å². The molecule has 1 aromatic carbocycles. The molecule has 4 amide bonds. The second-order valence-electron chi connectivity index (χ2n) is 11.6. The highest BCUT2D eigenvalue weighted by Crippen LogP contribution is 2.55. The number of nitrogens with zero attached hydrogens (tertiary/aromatic N) is 2. The zero-order chi connectivity index (χ0) is 25.4. The van der Waals surface area contributed by atoms with Crippen LogP contribution < -0.4 is 16.0 Å². The molecule has 0 spiro atoms. The van der Waals surface area contributed by atoms with Gasteiger partial charge in [0.2, 0.25) is 11.8 Å². The fourth-order valence-electron chi connectivity index (χ4n) is 7.41. The maximum Gasteiger partial charge on any atom is 0.321 e. The number of urea groups is 1. The van der Waals surface area contributed by atoms with E-state index in [2.05, 4.69) is 20.9 Å². The molecule has 6 rings (SSSR count). The number of carbonyl (C=O) groups excluding carboxylic acids is 3. The number of benzene rings is 1. The van der Waals surface area contributed by atoms with Crippen molar-refractivity contribution in [2.45, 2.75) is 70.0 Å². The molecule has 0 aromatic heterocycles. The van der Waals surface area contributed by atoms with Crippen LogP contribution in [0.25, 0.3) is 0 Å². The van der Waals surface area contributed by atoms with E-state index in [0.29, 0.717) is 31.9 Å². The molecule has 3 N–H and O–H groups in total. The Morgan fingerprint density at radius 2 is 1.42 bits per heavy atom. The Labute approximate surface area is 212 Å². The molecule has 0 radical (unpaired) electrons. The molecule has 4 aliphatic carbocycles. The van der Waals surface area contributed by atoms with Crippen molar-refractivity contribution in [1.82, 2.24) is 20.4 Å². The van der Waals surface area contributed by atoms with Gasteiger partial charge in [0.05, 0.1) is 12.1 Å². The monoisotopic (exact) mass is 499 g/mol. The van der Waals surface area contributed by atoms with Gasteiger partial charge in [0.25, 0.3) is 0 Å². The molecule has 8 nitrogen and oxygen atoms in total. The summed E-state index contributed by atoms with van der Waals surface area (Å²) in [6.07, 6.45) is 7.04. The third kappa shape index (κ3) is 5.42. The van der Waals surface area contributed by atoms with Crippen LogP contribution in [-0.2, 0) is 9.59 Å². The van der Waals surface area contributed by atoms with Gasteiger partial charge in [-0.05, 0) is 88.3 Å². The van der Waals surface area contributed by atoms with Gasteiger partial charge >= 0.3 is 6.03 Å². The molecule has 1 heterocycles. The first-order valence-corrected chi connectivity index (χ1v) is 13.4. The number of imide groups is 1. The number of anilines is 1. The van der Waals surface area contributed by atoms with Crippen molar-refractivity contribution in [3.63, 3.8) is 0 Å². The summed E-state index contributed by atoms with van der Waals surface area (Å²) in [7, 11) is 0. The minimum Gasteiger partial charge on any atom is -0.332 e. The first kappa shape index (κ1) is 25.1. The summed E-state index contributed by atoms with van der Waals surface area (Å²) in [6.45, 7) is 6.12. The highest BCUT2D eigenvalue weighted by molar-refractivity contribution is 5.97. The van der Waals surface area contributed by atoms with Crippen LogP contribution >= 0.6 is 0 Å². The van der Waals surface area contributed by atoms with Gasteiger partial charge in [-0.1, -0.05) is 6.07 Å². The van der Waals surface area contributed by atoms with Gasteiger partial charge in [-0.2, -0.15) is 0 Å². The molecule has 196 valence electrons. The summed E-state index contributed by atoms with van der Waals surface area (Å²) in [6, 6.07) is 4.66. The number of rotatable bonds is 6. The quantitative estimate of drug-likeness (QED) is 0.560. The number of amides is 4. The van der Waals surface area contributed by atoms with Gasteiger partial charge in [-0.3, -0.25) is 24.7 Å². The van der Waals surface area contributed by atoms with Gasteiger partial charge in [-0.15, -0.1) is 0 Å². The Morgan fingerprint density at radius 1 is 0.889 bits per heavy atom. The Morgan fingerprint density at radius 3 is 1.94 bits per heavy atom. The van der Waals surface area contributed by atoms with E-state index < -0.39 is 11.9 Å². The second kappa shape index (κ2) is 10.1. The van der Waals surface area contributed by atoms with Crippen LogP contribution in [0.3, 0.4) is 0 Å². The first-order valence-electron chi connectivity index (χ1n) is 13.4. The molecule has 4 saturated carbocycles. The van der Waals surface area contributed by atoms with E-state index in [4.69, 9.17) is 0 Å². The summed E-state index contributed by atoms with van der Waals surface area (Å²) in [5, 5.41) is 8.57. The Bertz CT molecular complexity index is 974. The Kier molecular flexibility index (Phi) is 7.05. The maximum atomic E-state index is 13.4. The molecular weight excluding hydrogens is 461 g/mol. The van der Waals surface area contributed by atoms with Gasteiger partial charge in [0, 0.05) is 37.4 Å². The van der Waals surface area contributed by atoms with Crippen molar-refractivity contribution in [2.75, 3.05) is 31.5 Å². The summed E-state index contributed by atoms with van der Waals surface area (Å²) < 4.78 is 13.4. The average molecular weight is 500 g/mol. The first-order chi connectivity index (χ1) is 17.2. The molecule has 9 heteroatoms. The number of halogens is 1. The van der Waals surface area contributed by atoms with Crippen molar-refractivity contribution < 1.29 is 18.8 Å². The van der Waals surface area contributed by atoms with Gasteiger partial charge < -0.3 is 10.6 Å². The number of nitrogens with one attached hydrogen (secondary N) is 3. The Hall–Kier alpha value is -2.52. The third-order valence-electron chi connectivity index (χ3n) is 8.95. The second-order valence-corrected chi connectivity index (χ2v) is 11.6. The predicted octanol–water partition coefficient (Wildman–Crippen LogP) is 2.95. The topological polar surface area (TPSA) is 93.8 Å². The zero-order valence-electron chi connectivity index (χ0n) is 21.3. The molecule has 5 aliphatic rings. The standard InChI is InChI=1S/C27H38FN5O3/c1-17(24(34)29-23-5-3-4-22(28)13-23)32-6-8-33(9-7-32)18(2)25(35)30-26(36)31-27-14-19-10-20(15-27)12-21(11-19)16-27/h3-5,13,17-21H,6-12,14-16H2,1-2H3,(H,29,34)(H2,30,31,35,36). The van der Waals surface area contributed by atoms with E-state index in [-0.39, 0.29) is 29.4 Å². The van der Waals surface area contributed by atoms with Gasteiger partial charge in [0.1, 0.15) is 5.82 Å². The summed E-state index contributed by atoms with van der Waals surface area (Å²) in [4.78, 5) is 42.4. The number of carbonyl (C=O) groups is 3. The van der Waals surface area contributed by atoms with E-state index in [1.165, 1.54) is 31.4 Å². The fourth-order valence-corrected chi connectivity index (χ4v) is 7.41. The minimum atomic E-state index is -0.439. The highest BCUT2D eigenvalue weighted by atomic mass is 19.1. The molecule has 1 saturated heterocycles. The summed E-state index contributed by atoms with van der Waals surface area (Å²) in [5.41, 5.74) is 0.304. The van der Waals surface area contributed by atoms with Crippen molar-refractivity contribution in [2.24, 2.45) is 17.8 Å². The van der Waals surface area contributed by atoms with Crippen LogP contribution in [0.15, 0.2) is 24.3 Å². The number of hydrogen-bond donors (Lipinski definition) is 3. The van der Waals surface area contributed by atoms with E-state index in [0.717, 1.165) is 37.0 Å². The van der Waals surface area contributed by atoms with Crippen molar-refractivity contribution in [3.05, 3.63) is 30.1 Å². The summed E-state index contributed by atoms with van der Waals surface area (Å²) >= 11 is 0. The van der Waals surface area contributed by atoms with Crippen molar-refractivity contribution in [1.29, 1.82) is 0 Å². The summed E-state index contributed by atoms with van der Waals surface area (Å²) in [5.74, 6) is 1.29. The SMILES string of the molecule is CC(C(=O)NC(=O)NC12CC3CC(CC(C3)C1)C2)N1CCN(C(C)C(=O)Nc2cccc(F)c2)CC1. The third-order valence-corrected chi connectivity index (χ3v) is 8.95. The van der Waals surface area contributed by atoms with E-state index in [9.17, 15) is 18.8 Å². The molecule has 2 unspecified atom stereocenters. The predicted molar refractivity (Wildman–Crippen MR) is 135 cm³/mol. The lowest BCUT2D eigenvalue weighted by atomic mass is 9.53. The van der Waals surface area contributed by atoms with E-state index >= 15 is 0 Å². The zero-order valence-corrected chi connectivity index (χ0v) is 21.3. The largest absolute Gasteiger partial charge is 0.332 e. The molecule has 1 aliphatic heterocycles. The number of piperazine rings is 1. The normalized spacial score (nSPS) is 31.5. The van der Waals surface area contributed by atoms with E-state index in [1.54, 1.807) is 12.1 Å². The lowest BCUT2D eigenvalue weighted by Gasteiger charge is -2.56. The van der Waals surface area contributed by atoms with Crippen molar-refractivity contribution >= 4 is 23.5 Å². The Balaban J connectivity index is 1.07. The van der Waals surface area contributed by atoms with Crippen molar-refractivity contribution in [3.8, 4) is 0 Å². The fraction of sp³-hybridized carbons (Fsp3) is 0.667. The molecule has 36 heavy (non-hydrogen) atoms. The van der Waals surface area contributed by atoms with Crippen LogP contribution in [0.1, 0.15) is 52.4 Å². The van der Waals surface area contributed by atoms with Crippen LogP contribution in [0.5, 0.6) is 0 Å². The average Bonchev–Trinajstić information content (AvgIpc) is 2.82. The van der Waals surface area contributed by atoms with E-state index in [1.807, 2.05) is 18.7 Å². The molecule has 4 bridgehead atoms. The highest BCUT2D eigenvalue weighted by Gasteiger charge is 2.51. The molecule has 1 aromatic rings. The van der Waals surface area contributed by atoms with Gasteiger partial charge in [-0.25, -0.2) is 9.18 Å².